The highest BCUT2D eigenvalue weighted by Crippen LogP contribution is 2.30. The Morgan fingerprint density at radius 1 is 1.11 bits per heavy atom. The number of aryl methyl sites for hydroxylation is 2. The number of nitrogens with zero attached hydrogens (tertiary/aromatic N) is 4. The van der Waals surface area contributed by atoms with Crippen LogP contribution in [0, 0.1) is 13.8 Å². The quantitative estimate of drug-likeness (QED) is 0.804. The van der Waals surface area contributed by atoms with Crippen molar-refractivity contribution >= 4 is 11.6 Å². The van der Waals surface area contributed by atoms with Crippen molar-refractivity contribution in [1.29, 1.82) is 0 Å². The zero-order chi connectivity index (χ0) is 13.5. The van der Waals surface area contributed by atoms with Gasteiger partial charge in [-0.15, -0.1) is 0 Å². The minimum absolute atomic E-state index is 0.0213. The highest BCUT2D eigenvalue weighted by molar-refractivity contribution is 6.29. The molecule has 0 spiro atoms. The molecule has 0 aliphatic carbocycles. The van der Waals surface area contributed by atoms with Crippen LogP contribution >= 0.6 is 11.6 Å². The fourth-order valence-corrected chi connectivity index (χ4v) is 1.66. The predicted molar refractivity (Wildman–Crippen MR) is 58.6 cm³/mol. The summed E-state index contributed by atoms with van der Waals surface area (Å²) in [6.45, 7) is 3.42. The highest BCUT2D eigenvalue weighted by Gasteiger charge is 2.35. The number of halogens is 4. The maximum atomic E-state index is 12.5. The van der Waals surface area contributed by atoms with Gasteiger partial charge < -0.3 is 0 Å². The molecule has 18 heavy (non-hydrogen) atoms. The maximum absolute atomic E-state index is 12.5. The van der Waals surface area contributed by atoms with Gasteiger partial charge in [0.15, 0.2) is 5.69 Å². The van der Waals surface area contributed by atoms with E-state index in [1.165, 1.54) is 0 Å². The molecule has 0 saturated heterocycles. The Hall–Kier alpha value is -1.63. The topological polar surface area (TPSA) is 43.6 Å². The molecule has 4 nitrogen and oxygen atoms in total. The second-order valence-corrected chi connectivity index (χ2v) is 4.10. The molecule has 96 valence electrons. The van der Waals surface area contributed by atoms with Gasteiger partial charge in [-0.2, -0.15) is 23.0 Å². The van der Waals surface area contributed by atoms with E-state index in [1.54, 1.807) is 19.9 Å². The molecule has 0 amide bonds. The summed E-state index contributed by atoms with van der Waals surface area (Å²) < 4.78 is 38.3. The predicted octanol–water partition coefficient (Wildman–Crippen LogP) is 2.95. The lowest BCUT2D eigenvalue weighted by Crippen LogP contribution is -2.09. The molecule has 0 radical (unpaired) electrons. The van der Waals surface area contributed by atoms with Crippen molar-refractivity contribution in [3.63, 3.8) is 0 Å². The lowest BCUT2D eigenvalue weighted by atomic mass is 10.4. The number of hydrogen-bond donors (Lipinski definition) is 0. The number of hydrogen-bond acceptors (Lipinski definition) is 3. The Bertz CT molecular complexity index is 571. The first-order valence-corrected chi connectivity index (χ1v) is 5.30. The van der Waals surface area contributed by atoms with Gasteiger partial charge in [-0.3, -0.25) is 0 Å². The molecule has 0 fully saturated rings. The molecule has 0 N–H and O–H groups in total. The van der Waals surface area contributed by atoms with Crippen molar-refractivity contribution in [2.24, 2.45) is 0 Å². The Labute approximate surface area is 105 Å². The zero-order valence-electron chi connectivity index (χ0n) is 9.46. The van der Waals surface area contributed by atoms with Crippen molar-refractivity contribution in [3.8, 4) is 5.95 Å². The van der Waals surface area contributed by atoms with Crippen LogP contribution in [0.5, 0.6) is 0 Å². The molecule has 0 aromatic carbocycles. The number of alkyl halides is 3. The van der Waals surface area contributed by atoms with E-state index in [2.05, 4.69) is 15.1 Å². The summed E-state index contributed by atoms with van der Waals surface area (Å²) in [6.07, 6.45) is -4.55. The molecule has 0 aliphatic rings. The Morgan fingerprint density at radius 2 is 1.67 bits per heavy atom. The summed E-state index contributed by atoms with van der Waals surface area (Å²) in [5.41, 5.74) is 0.172. The second-order valence-electron chi connectivity index (χ2n) is 3.71. The Balaban J connectivity index is 2.54. The number of aromatic nitrogens is 4. The van der Waals surface area contributed by atoms with E-state index < -0.39 is 11.9 Å². The third-order valence-electron chi connectivity index (χ3n) is 2.12. The lowest BCUT2D eigenvalue weighted by molar-refractivity contribution is -0.141. The summed E-state index contributed by atoms with van der Waals surface area (Å²) in [5.74, 6) is 0.0213. The first kappa shape index (κ1) is 12.8. The first-order valence-electron chi connectivity index (χ1n) is 4.93. The molecule has 2 heterocycles. The Kier molecular flexibility index (Phi) is 3.02. The third kappa shape index (κ3) is 2.45. The molecule has 0 saturated carbocycles. The maximum Gasteiger partial charge on any atom is 0.435 e. The van der Waals surface area contributed by atoms with Crippen LogP contribution in [0.1, 0.15) is 17.1 Å². The van der Waals surface area contributed by atoms with Crippen LogP contribution in [-0.2, 0) is 6.18 Å². The van der Waals surface area contributed by atoms with Gasteiger partial charge in [-0.25, -0.2) is 9.97 Å². The minimum atomic E-state index is -4.55. The van der Waals surface area contributed by atoms with Crippen molar-refractivity contribution in [2.75, 3.05) is 0 Å². The van der Waals surface area contributed by atoms with E-state index in [1.807, 2.05) is 0 Å². The second kappa shape index (κ2) is 4.24. The molecular weight excluding hydrogens is 269 g/mol. The van der Waals surface area contributed by atoms with E-state index in [-0.39, 0.29) is 11.1 Å². The average Bonchev–Trinajstić information content (AvgIpc) is 2.58. The van der Waals surface area contributed by atoms with Gasteiger partial charge in [0.2, 0.25) is 0 Å². The smallest absolute Gasteiger partial charge is 0.216 e. The Morgan fingerprint density at radius 3 is 2.11 bits per heavy atom. The molecule has 0 aliphatic heterocycles. The van der Waals surface area contributed by atoms with Crippen LogP contribution in [0.4, 0.5) is 13.2 Å². The van der Waals surface area contributed by atoms with Crippen molar-refractivity contribution < 1.29 is 13.2 Å². The average molecular weight is 277 g/mol. The van der Waals surface area contributed by atoms with Crippen LogP contribution in [0.3, 0.4) is 0 Å². The van der Waals surface area contributed by atoms with E-state index in [0.717, 1.165) is 10.7 Å². The molecule has 2 aromatic rings. The first-order chi connectivity index (χ1) is 8.27. The van der Waals surface area contributed by atoms with Crippen molar-refractivity contribution in [1.82, 2.24) is 19.7 Å². The fourth-order valence-electron chi connectivity index (χ4n) is 1.44. The van der Waals surface area contributed by atoms with Crippen molar-refractivity contribution in [3.05, 3.63) is 34.4 Å². The van der Waals surface area contributed by atoms with Gasteiger partial charge in [0, 0.05) is 17.5 Å². The highest BCUT2D eigenvalue weighted by atomic mass is 35.5. The van der Waals surface area contributed by atoms with Gasteiger partial charge in [-0.05, 0) is 19.9 Å². The summed E-state index contributed by atoms with van der Waals surface area (Å²) >= 11 is 5.71. The lowest BCUT2D eigenvalue weighted by Gasteiger charge is -2.04. The molecule has 2 rings (SSSR count). The van der Waals surface area contributed by atoms with E-state index in [4.69, 9.17) is 11.6 Å². The summed E-state index contributed by atoms with van der Waals surface area (Å²) in [7, 11) is 0. The van der Waals surface area contributed by atoms with E-state index in [9.17, 15) is 13.2 Å². The fraction of sp³-hybridized carbons (Fsp3) is 0.300. The molecule has 2 aromatic heterocycles. The molecule has 0 unspecified atom stereocenters. The summed E-state index contributed by atoms with van der Waals surface area (Å²) in [6, 6.07) is 2.44. The number of rotatable bonds is 1. The molecule has 0 atom stereocenters. The van der Waals surface area contributed by atoms with Gasteiger partial charge in [0.1, 0.15) is 5.15 Å². The third-order valence-corrected chi connectivity index (χ3v) is 2.39. The van der Waals surface area contributed by atoms with Gasteiger partial charge >= 0.3 is 6.18 Å². The SMILES string of the molecule is Cc1cc(C)nc(-n2nc(C(F)(F)F)cc2Cl)n1. The molecule has 0 bridgehead atoms. The van der Waals surface area contributed by atoms with Gasteiger partial charge in [0.25, 0.3) is 5.95 Å². The van der Waals surface area contributed by atoms with E-state index >= 15 is 0 Å². The molecular formula is C10H8ClF3N4. The standard InChI is InChI=1S/C10H8ClF3N4/c1-5-3-6(2)16-9(15-5)18-8(11)4-7(17-18)10(12,13)14/h3-4H,1-2H3. The van der Waals surface area contributed by atoms with Crippen LogP contribution in [0.15, 0.2) is 12.1 Å². The monoisotopic (exact) mass is 276 g/mol. The van der Waals surface area contributed by atoms with Gasteiger partial charge in [-0.1, -0.05) is 11.6 Å². The van der Waals surface area contributed by atoms with Crippen LogP contribution in [0.25, 0.3) is 5.95 Å². The largest absolute Gasteiger partial charge is 0.435 e. The minimum Gasteiger partial charge on any atom is -0.216 e. The van der Waals surface area contributed by atoms with Gasteiger partial charge in [0.05, 0.1) is 0 Å². The van der Waals surface area contributed by atoms with Crippen LogP contribution in [-0.4, -0.2) is 19.7 Å². The zero-order valence-corrected chi connectivity index (χ0v) is 10.2. The van der Waals surface area contributed by atoms with Crippen LogP contribution in [0.2, 0.25) is 5.15 Å². The summed E-state index contributed by atoms with van der Waals surface area (Å²) in [4.78, 5) is 8.00. The summed E-state index contributed by atoms with van der Waals surface area (Å²) in [5, 5.41) is 3.18. The van der Waals surface area contributed by atoms with Crippen molar-refractivity contribution in [2.45, 2.75) is 20.0 Å². The normalized spacial score (nSPS) is 11.9. The molecule has 8 heteroatoms. The van der Waals surface area contributed by atoms with E-state index in [0.29, 0.717) is 11.4 Å². The van der Waals surface area contributed by atoms with Crippen LogP contribution < -0.4 is 0 Å².